The molecule has 1 rings (SSSR count). The predicted molar refractivity (Wildman–Crippen MR) is 83.4 cm³/mol. The lowest BCUT2D eigenvalue weighted by Crippen LogP contribution is -2.32. The Kier molecular flexibility index (Phi) is 9.71. The fourth-order valence-electron chi connectivity index (χ4n) is 1.36. The van der Waals surface area contributed by atoms with Crippen LogP contribution in [-0.4, -0.2) is 56.7 Å². The van der Waals surface area contributed by atoms with Crippen molar-refractivity contribution < 1.29 is 19.8 Å². The van der Waals surface area contributed by atoms with Crippen molar-refractivity contribution in [2.45, 2.75) is 31.3 Å². The molecule has 0 aliphatic carbocycles. The van der Waals surface area contributed by atoms with Crippen LogP contribution in [0.1, 0.15) is 18.5 Å². The van der Waals surface area contributed by atoms with Gasteiger partial charge in [0.1, 0.15) is 12.1 Å². The highest BCUT2D eigenvalue weighted by atomic mass is 16.4. The maximum Gasteiger partial charge on any atom is 0.320 e. The van der Waals surface area contributed by atoms with Gasteiger partial charge in [0.05, 0.1) is 6.33 Å². The Labute approximate surface area is 132 Å². The first kappa shape index (κ1) is 20.3. The molecular formula is C12H23N7O4. The number of rotatable bonds is 8. The van der Waals surface area contributed by atoms with E-state index in [0.29, 0.717) is 19.4 Å². The quantitative estimate of drug-likeness (QED) is 0.156. The highest BCUT2D eigenvalue weighted by molar-refractivity contribution is 5.75. The van der Waals surface area contributed by atoms with Crippen LogP contribution in [0.25, 0.3) is 0 Å². The van der Waals surface area contributed by atoms with Gasteiger partial charge in [-0.2, -0.15) is 0 Å². The largest absolute Gasteiger partial charge is 0.480 e. The van der Waals surface area contributed by atoms with E-state index >= 15 is 0 Å². The van der Waals surface area contributed by atoms with Crippen LogP contribution in [-0.2, 0) is 16.0 Å². The highest BCUT2D eigenvalue weighted by Crippen LogP contribution is 1.95. The van der Waals surface area contributed by atoms with Crippen LogP contribution in [0.2, 0.25) is 0 Å². The molecule has 11 heteroatoms. The fraction of sp³-hybridized carbons (Fsp3) is 0.500. The highest BCUT2D eigenvalue weighted by Gasteiger charge is 2.12. The molecule has 0 bridgehead atoms. The lowest BCUT2D eigenvalue weighted by Gasteiger charge is -2.03. The molecule has 0 radical (unpaired) electrons. The van der Waals surface area contributed by atoms with Crippen molar-refractivity contribution in [1.82, 2.24) is 9.97 Å². The van der Waals surface area contributed by atoms with Crippen LogP contribution >= 0.6 is 0 Å². The van der Waals surface area contributed by atoms with E-state index in [1.54, 1.807) is 6.20 Å². The molecule has 130 valence electrons. The number of hydrogen-bond acceptors (Lipinski definition) is 6. The summed E-state index contributed by atoms with van der Waals surface area (Å²) in [4.78, 5) is 30.7. The van der Waals surface area contributed by atoms with Crippen LogP contribution in [0.15, 0.2) is 17.5 Å². The standard InChI is InChI=1S/C6H14N4O2.C6H9N3O2/c7-4(5(11)12)2-1-3-10-6(8)9;7-5(6(10)11)1-4-2-8-3-9-4/h4H,1-3,7H2,(H,11,12)(H4,8,9,10);2-3,5H,1,7H2,(H,8,9)(H,10,11)/t4-;5-/m00/s1. The van der Waals surface area contributed by atoms with E-state index in [2.05, 4.69) is 15.0 Å². The van der Waals surface area contributed by atoms with E-state index in [1.165, 1.54) is 6.33 Å². The van der Waals surface area contributed by atoms with Gasteiger partial charge in [-0.25, -0.2) is 4.98 Å². The van der Waals surface area contributed by atoms with E-state index < -0.39 is 24.0 Å². The van der Waals surface area contributed by atoms with Gasteiger partial charge in [-0.1, -0.05) is 0 Å². The molecule has 1 aromatic rings. The maximum atomic E-state index is 10.3. The first-order valence-electron chi connectivity index (χ1n) is 6.73. The number of guanidine groups is 1. The molecule has 0 spiro atoms. The number of carboxylic acids is 2. The average Bonchev–Trinajstić information content (AvgIpc) is 2.96. The Morgan fingerprint density at radius 3 is 2.26 bits per heavy atom. The summed E-state index contributed by atoms with van der Waals surface area (Å²) in [5.74, 6) is -1.99. The Morgan fingerprint density at radius 1 is 1.22 bits per heavy atom. The number of carbonyl (C=O) groups is 2. The number of nitrogens with one attached hydrogen (secondary N) is 1. The molecule has 1 heterocycles. The van der Waals surface area contributed by atoms with Crippen molar-refractivity contribution in [2.75, 3.05) is 6.54 Å². The molecule has 0 saturated carbocycles. The molecule has 11 nitrogen and oxygen atoms in total. The van der Waals surface area contributed by atoms with Gasteiger partial charge in [-0.05, 0) is 12.8 Å². The number of hydrogen-bond donors (Lipinski definition) is 7. The van der Waals surface area contributed by atoms with Gasteiger partial charge >= 0.3 is 11.9 Å². The smallest absolute Gasteiger partial charge is 0.320 e. The van der Waals surface area contributed by atoms with E-state index in [1.807, 2.05) is 0 Å². The molecule has 0 amide bonds. The van der Waals surface area contributed by atoms with Crippen molar-refractivity contribution >= 4 is 17.9 Å². The summed E-state index contributed by atoms with van der Waals surface area (Å²) < 4.78 is 0. The van der Waals surface area contributed by atoms with Crippen molar-refractivity contribution in [2.24, 2.45) is 27.9 Å². The minimum Gasteiger partial charge on any atom is -0.480 e. The Balaban J connectivity index is 0.000000422. The SMILES string of the molecule is NC(N)=NCCC[C@H](N)C(=O)O.N[C@@H](Cc1cnc[nH]1)C(=O)O. The van der Waals surface area contributed by atoms with Crippen LogP contribution in [0.4, 0.5) is 0 Å². The number of carboxylic acid groups (broad SMARTS) is 2. The Morgan fingerprint density at radius 2 is 1.83 bits per heavy atom. The van der Waals surface area contributed by atoms with Crippen molar-refractivity contribution in [3.05, 3.63) is 18.2 Å². The van der Waals surface area contributed by atoms with Gasteiger partial charge in [-0.3, -0.25) is 14.6 Å². The monoisotopic (exact) mass is 329 g/mol. The van der Waals surface area contributed by atoms with Gasteiger partial charge in [0, 0.05) is 24.9 Å². The van der Waals surface area contributed by atoms with E-state index in [-0.39, 0.29) is 12.4 Å². The van der Waals surface area contributed by atoms with E-state index in [0.717, 1.165) is 5.69 Å². The minimum atomic E-state index is -1.00. The lowest BCUT2D eigenvalue weighted by molar-refractivity contribution is -0.139. The van der Waals surface area contributed by atoms with Gasteiger partial charge < -0.3 is 38.1 Å². The summed E-state index contributed by atoms with van der Waals surface area (Å²) in [7, 11) is 0. The molecule has 0 aliphatic rings. The summed E-state index contributed by atoms with van der Waals surface area (Å²) in [6, 6.07) is -1.67. The van der Waals surface area contributed by atoms with Crippen molar-refractivity contribution in [3.63, 3.8) is 0 Å². The zero-order chi connectivity index (χ0) is 17.8. The topological polar surface area (TPSA) is 220 Å². The van der Waals surface area contributed by atoms with Crippen LogP contribution in [0.3, 0.4) is 0 Å². The summed E-state index contributed by atoms with van der Waals surface area (Å²) in [5.41, 5.74) is 21.3. The molecular weight excluding hydrogens is 306 g/mol. The molecule has 2 atom stereocenters. The number of nitrogens with zero attached hydrogens (tertiary/aromatic N) is 2. The number of imidazole rings is 1. The summed E-state index contributed by atoms with van der Waals surface area (Å²) in [6.07, 6.45) is 4.29. The third-order valence-corrected chi connectivity index (χ3v) is 2.60. The zero-order valence-corrected chi connectivity index (χ0v) is 12.6. The number of aliphatic carboxylic acids is 2. The molecule has 0 fully saturated rings. The van der Waals surface area contributed by atoms with Crippen LogP contribution in [0.5, 0.6) is 0 Å². The van der Waals surface area contributed by atoms with Crippen LogP contribution < -0.4 is 22.9 Å². The molecule has 1 aromatic heterocycles. The van der Waals surface area contributed by atoms with Crippen molar-refractivity contribution in [3.8, 4) is 0 Å². The summed E-state index contributed by atoms with van der Waals surface area (Å²) >= 11 is 0. The van der Waals surface area contributed by atoms with Crippen LogP contribution in [0, 0.1) is 0 Å². The Hall–Kier alpha value is -2.66. The third-order valence-electron chi connectivity index (χ3n) is 2.60. The summed E-state index contributed by atoms with van der Waals surface area (Å²) in [5, 5.41) is 16.8. The molecule has 0 aliphatic heterocycles. The molecule has 0 aromatic carbocycles. The second-order valence-corrected chi connectivity index (χ2v) is 4.62. The van der Waals surface area contributed by atoms with Gasteiger partial charge in [0.25, 0.3) is 0 Å². The second-order valence-electron chi connectivity index (χ2n) is 4.62. The third kappa shape index (κ3) is 10.7. The minimum absolute atomic E-state index is 0.0129. The lowest BCUT2D eigenvalue weighted by atomic mass is 10.2. The first-order valence-corrected chi connectivity index (χ1v) is 6.73. The number of H-pyrrole nitrogens is 1. The van der Waals surface area contributed by atoms with E-state index in [9.17, 15) is 9.59 Å². The van der Waals surface area contributed by atoms with Gasteiger partial charge in [0.2, 0.25) is 0 Å². The molecule has 0 saturated heterocycles. The molecule has 0 unspecified atom stereocenters. The summed E-state index contributed by atoms with van der Waals surface area (Å²) in [6.45, 7) is 0.420. The number of aromatic nitrogens is 2. The average molecular weight is 329 g/mol. The number of nitrogens with two attached hydrogens (primary N) is 4. The predicted octanol–water partition coefficient (Wildman–Crippen LogP) is -2.18. The zero-order valence-electron chi connectivity index (χ0n) is 12.6. The van der Waals surface area contributed by atoms with Gasteiger partial charge in [0.15, 0.2) is 5.96 Å². The first-order chi connectivity index (χ1) is 10.7. The van der Waals surface area contributed by atoms with E-state index in [4.69, 9.17) is 33.1 Å². The fourth-order valence-corrected chi connectivity index (χ4v) is 1.36. The second kappa shape index (κ2) is 11.0. The number of aromatic amines is 1. The number of aliphatic imine (C=N–C) groups is 1. The Bertz CT molecular complexity index is 500. The molecule has 11 N–H and O–H groups in total. The normalized spacial score (nSPS) is 12.4. The van der Waals surface area contributed by atoms with Gasteiger partial charge in [-0.15, -0.1) is 0 Å². The molecule has 23 heavy (non-hydrogen) atoms. The maximum absolute atomic E-state index is 10.3. The van der Waals surface area contributed by atoms with Crippen molar-refractivity contribution in [1.29, 1.82) is 0 Å².